The highest BCUT2D eigenvalue weighted by Crippen LogP contribution is 2.11. The van der Waals surface area contributed by atoms with Crippen molar-refractivity contribution in [2.24, 2.45) is 4.40 Å². The van der Waals surface area contributed by atoms with E-state index in [2.05, 4.69) is 4.40 Å². The molecule has 18 heavy (non-hydrogen) atoms. The van der Waals surface area contributed by atoms with E-state index in [1.807, 2.05) is 31.2 Å². The minimum Gasteiger partial charge on any atom is -0.199 e. The molecule has 0 atom stereocenters. The zero-order valence-electron chi connectivity index (χ0n) is 9.95. The lowest BCUT2D eigenvalue weighted by molar-refractivity contribution is 0.598. The van der Waals surface area contributed by atoms with E-state index in [1.165, 1.54) is 18.3 Å². The van der Waals surface area contributed by atoms with Crippen LogP contribution >= 0.6 is 0 Å². The quantitative estimate of drug-likeness (QED) is 0.796. The van der Waals surface area contributed by atoms with Gasteiger partial charge in [0.1, 0.15) is 0 Å². The van der Waals surface area contributed by atoms with E-state index >= 15 is 0 Å². The molecule has 0 bridgehead atoms. The second-order valence-electron chi connectivity index (χ2n) is 3.93. The Kier molecular flexibility index (Phi) is 3.58. The Hall–Kier alpha value is -1.94. The molecule has 0 unspecified atom stereocenters. The maximum Gasteiger partial charge on any atom is 0.282 e. The summed E-state index contributed by atoms with van der Waals surface area (Å²) in [6.45, 7) is 1.97. The molecule has 0 amide bonds. The SMILES string of the molecule is Cc1ccc(/C=N/S(=O)(=O)c2ccccc2)cc1. The number of aryl methyl sites for hydroxylation is 1. The van der Waals surface area contributed by atoms with Crippen LogP contribution in [0.2, 0.25) is 0 Å². The molecule has 4 heteroatoms. The monoisotopic (exact) mass is 259 g/mol. The van der Waals surface area contributed by atoms with Gasteiger partial charge in [-0.15, -0.1) is 0 Å². The Morgan fingerprint density at radius 3 is 2.17 bits per heavy atom. The molecule has 3 nitrogen and oxygen atoms in total. The van der Waals surface area contributed by atoms with E-state index in [4.69, 9.17) is 0 Å². The highest BCUT2D eigenvalue weighted by atomic mass is 32.2. The van der Waals surface area contributed by atoms with Gasteiger partial charge in [-0.25, -0.2) is 0 Å². The first-order valence-corrected chi connectivity index (χ1v) is 6.94. The number of hydrogen-bond acceptors (Lipinski definition) is 2. The summed E-state index contributed by atoms with van der Waals surface area (Å²) in [5.74, 6) is 0. The van der Waals surface area contributed by atoms with Gasteiger partial charge in [0.2, 0.25) is 0 Å². The summed E-state index contributed by atoms with van der Waals surface area (Å²) in [6.07, 6.45) is 1.36. The standard InChI is InChI=1S/C14H13NO2S/c1-12-7-9-13(10-8-12)11-15-18(16,17)14-5-3-2-4-6-14/h2-11H,1H3/b15-11+. The maximum absolute atomic E-state index is 11.9. The number of nitrogens with zero attached hydrogens (tertiary/aromatic N) is 1. The van der Waals surface area contributed by atoms with Gasteiger partial charge in [-0.1, -0.05) is 48.0 Å². The summed E-state index contributed by atoms with van der Waals surface area (Å²) in [6, 6.07) is 15.7. The number of sulfonamides is 1. The van der Waals surface area contributed by atoms with Crippen LogP contribution in [0.3, 0.4) is 0 Å². The van der Waals surface area contributed by atoms with Crippen molar-refractivity contribution in [3.05, 3.63) is 65.7 Å². The maximum atomic E-state index is 11.9. The zero-order chi connectivity index (χ0) is 13.0. The van der Waals surface area contributed by atoms with Crippen LogP contribution in [0.5, 0.6) is 0 Å². The van der Waals surface area contributed by atoms with Crippen molar-refractivity contribution in [1.29, 1.82) is 0 Å². The molecule has 2 aromatic rings. The van der Waals surface area contributed by atoms with Gasteiger partial charge >= 0.3 is 0 Å². The zero-order valence-corrected chi connectivity index (χ0v) is 10.8. The molecule has 92 valence electrons. The summed E-state index contributed by atoms with van der Waals surface area (Å²) in [5.41, 5.74) is 1.89. The second-order valence-corrected chi connectivity index (χ2v) is 5.57. The third-order valence-corrected chi connectivity index (χ3v) is 3.71. The van der Waals surface area contributed by atoms with Crippen LogP contribution in [0, 0.1) is 6.92 Å². The van der Waals surface area contributed by atoms with Crippen molar-refractivity contribution < 1.29 is 8.42 Å². The summed E-state index contributed by atoms with van der Waals surface area (Å²) < 4.78 is 27.4. The molecule has 0 aliphatic carbocycles. The average molecular weight is 259 g/mol. The fourth-order valence-electron chi connectivity index (χ4n) is 1.44. The van der Waals surface area contributed by atoms with Crippen LogP contribution in [0.15, 0.2) is 63.9 Å². The average Bonchev–Trinajstić information content (AvgIpc) is 2.39. The van der Waals surface area contributed by atoms with Crippen LogP contribution in [0.1, 0.15) is 11.1 Å². The van der Waals surface area contributed by atoms with Gasteiger partial charge in [-0.05, 0) is 24.6 Å². The molecule has 2 rings (SSSR count). The van der Waals surface area contributed by atoms with Crippen molar-refractivity contribution in [3.63, 3.8) is 0 Å². The van der Waals surface area contributed by atoms with Crippen LogP contribution in [-0.2, 0) is 10.0 Å². The third-order valence-electron chi connectivity index (χ3n) is 2.46. The molecule has 0 saturated carbocycles. The van der Waals surface area contributed by atoms with Crippen LogP contribution in [0.25, 0.3) is 0 Å². The van der Waals surface area contributed by atoms with Crippen LogP contribution < -0.4 is 0 Å². The van der Waals surface area contributed by atoms with Crippen molar-refractivity contribution in [3.8, 4) is 0 Å². The van der Waals surface area contributed by atoms with E-state index in [0.29, 0.717) is 0 Å². The fourth-order valence-corrected chi connectivity index (χ4v) is 2.32. The van der Waals surface area contributed by atoms with E-state index in [0.717, 1.165) is 11.1 Å². The van der Waals surface area contributed by atoms with E-state index in [-0.39, 0.29) is 4.90 Å². The molecule has 2 aromatic carbocycles. The van der Waals surface area contributed by atoms with Gasteiger partial charge in [0.15, 0.2) is 0 Å². The lowest BCUT2D eigenvalue weighted by Crippen LogP contribution is -1.97. The lowest BCUT2D eigenvalue weighted by Gasteiger charge is -1.98. The first-order chi connectivity index (χ1) is 8.58. The van der Waals surface area contributed by atoms with Crippen molar-refractivity contribution >= 4 is 16.2 Å². The van der Waals surface area contributed by atoms with Gasteiger partial charge in [0.25, 0.3) is 10.0 Å². The van der Waals surface area contributed by atoms with Crippen LogP contribution in [0.4, 0.5) is 0 Å². The Morgan fingerprint density at radius 2 is 1.56 bits per heavy atom. The Morgan fingerprint density at radius 1 is 0.944 bits per heavy atom. The van der Waals surface area contributed by atoms with E-state index < -0.39 is 10.0 Å². The normalized spacial score (nSPS) is 11.8. The fraction of sp³-hybridized carbons (Fsp3) is 0.0714. The van der Waals surface area contributed by atoms with E-state index in [1.54, 1.807) is 18.2 Å². The summed E-state index contributed by atoms with van der Waals surface area (Å²) in [5, 5.41) is 0. The van der Waals surface area contributed by atoms with E-state index in [9.17, 15) is 8.42 Å². The first kappa shape index (κ1) is 12.5. The Labute approximate surface area is 107 Å². The minimum absolute atomic E-state index is 0.202. The molecule has 0 aromatic heterocycles. The van der Waals surface area contributed by atoms with Crippen molar-refractivity contribution in [2.45, 2.75) is 11.8 Å². The summed E-state index contributed by atoms with van der Waals surface area (Å²) in [7, 11) is -3.60. The predicted molar refractivity (Wildman–Crippen MR) is 72.4 cm³/mol. The van der Waals surface area contributed by atoms with Gasteiger partial charge in [-0.3, -0.25) is 0 Å². The van der Waals surface area contributed by atoms with Gasteiger partial charge in [0, 0.05) is 6.21 Å². The minimum atomic E-state index is -3.60. The number of rotatable bonds is 3. The topological polar surface area (TPSA) is 46.5 Å². The highest BCUT2D eigenvalue weighted by Gasteiger charge is 2.09. The molecule has 0 radical (unpaired) electrons. The molecule has 0 heterocycles. The number of benzene rings is 2. The lowest BCUT2D eigenvalue weighted by atomic mass is 10.2. The molecule has 0 aliphatic rings. The largest absolute Gasteiger partial charge is 0.282 e. The van der Waals surface area contributed by atoms with Crippen molar-refractivity contribution in [2.75, 3.05) is 0 Å². The first-order valence-electron chi connectivity index (χ1n) is 5.50. The highest BCUT2D eigenvalue weighted by molar-refractivity contribution is 7.90. The summed E-state index contributed by atoms with van der Waals surface area (Å²) in [4.78, 5) is 0.202. The molecule has 0 aliphatic heterocycles. The smallest absolute Gasteiger partial charge is 0.199 e. The van der Waals surface area contributed by atoms with Gasteiger partial charge in [0.05, 0.1) is 4.90 Å². The summed E-state index contributed by atoms with van der Waals surface area (Å²) >= 11 is 0. The second kappa shape index (κ2) is 5.14. The van der Waals surface area contributed by atoms with Gasteiger partial charge in [-0.2, -0.15) is 12.8 Å². The molecule has 0 saturated heterocycles. The van der Waals surface area contributed by atoms with Crippen molar-refractivity contribution in [1.82, 2.24) is 0 Å². The molecule has 0 N–H and O–H groups in total. The Balaban J connectivity index is 2.26. The molecule has 0 spiro atoms. The van der Waals surface area contributed by atoms with Crippen LogP contribution in [-0.4, -0.2) is 14.6 Å². The molecular formula is C14H13NO2S. The number of hydrogen-bond donors (Lipinski definition) is 0. The molecule has 0 fully saturated rings. The predicted octanol–water partition coefficient (Wildman–Crippen LogP) is 2.80. The third kappa shape index (κ3) is 3.05. The Bertz CT molecular complexity index is 644. The van der Waals surface area contributed by atoms with Gasteiger partial charge < -0.3 is 0 Å². The molecular weight excluding hydrogens is 246 g/mol.